The number of morpholine rings is 1. The molecule has 1 N–H and O–H groups in total. The van der Waals surface area contributed by atoms with Crippen LogP contribution >= 0.6 is 0 Å². The summed E-state index contributed by atoms with van der Waals surface area (Å²) in [6.45, 7) is 2.62. The van der Waals surface area contributed by atoms with Crippen molar-refractivity contribution in [3.8, 4) is 0 Å². The summed E-state index contributed by atoms with van der Waals surface area (Å²) in [5.74, 6) is 0. The van der Waals surface area contributed by atoms with Gasteiger partial charge >= 0.3 is 0 Å². The zero-order valence-electron chi connectivity index (χ0n) is 12.8. The van der Waals surface area contributed by atoms with E-state index in [2.05, 4.69) is 41.3 Å². The summed E-state index contributed by atoms with van der Waals surface area (Å²) in [5, 5.41) is 9.67. The molecule has 0 saturated carbocycles. The highest BCUT2D eigenvalue weighted by molar-refractivity contribution is 5.21. The van der Waals surface area contributed by atoms with Crippen LogP contribution in [0, 0.1) is 0 Å². The Morgan fingerprint density at radius 2 is 1.68 bits per heavy atom. The molecule has 2 unspecified atom stereocenters. The van der Waals surface area contributed by atoms with Gasteiger partial charge in [-0.05, 0) is 17.5 Å². The number of benzene rings is 2. The highest BCUT2D eigenvalue weighted by Gasteiger charge is 2.32. The van der Waals surface area contributed by atoms with Crippen LogP contribution in [0.1, 0.15) is 17.2 Å². The van der Waals surface area contributed by atoms with Crippen LogP contribution in [0.3, 0.4) is 0 Å². The lowest BCUT2D eigenvalue weighted by atomic mass is 9.97. The van der Waals surface area contributed by atoms with Crippen LogP contribution in [-0.4, -0.2) is 42.4 Å². The highest BCUT2D eigenvalue weighted by atomic mass is 16.5. The Bertz CT molecular complexity index is 558. The minimum absolute atomic E-state index is 0.0569. The molecule has 0 bridgehead atoms. The first kappa shape index (κ1) is 15.2. The van der Waals surface area contributed by atoms with Gasteiger partial charge in [-0.25, -0.2) is 0 Å². The average Bonchev–Trinajstić information content (AvgIpc) is 2.61. The monoisotopic (exact) mass is 297 g/mol. The third-order valence-corrected chi connectivity index (χ3v) is 4.31. The van der Waals surface area contributed by atoms with Crippen molar-refractivity contribution < 1.29 is 9.84 Å². The molecule has 3 nitrogen and oxygen atoms in total. The molecule has 1 saturated heterocycles. The highest BCUT2D eigenvalue weighted by Crippen LogP contribution is 2.29. The average molecular weight is 297 g/mol. The summed E-state index contributed by atoms with van der Waals surface area (Å²) in [7, 11) is 0. The number of nitrogens with zero attached hydrogens (tertiary/aromatic N) is 1. The molecule has 1 aliphatic heterocycles. The quantitative estimate of drug-likeness (QED) is 0.921. The summed E-state index contributed by atoms with van der Waals surface area (Å²) in [6, 6.07) is 21.0. The molecular formula is C19H23NO2. The third-order valence-electron chi connectivity index (χ3n) is 4.31. The molecule has 1 aliphatic rings. The lowest BCUT2D eigenvalue weighted by molar-refractivity contribution is -0.0927. The number of ether oxygens (including phenoxy) is 1. The lowest BCUT2D eigenvalue weighted by Gasteiger charge is -2.41. The van der Waals surface area contributed by atoms with E-state index in [0.717, 1.165) is 19.5 Å². The third kappa shape index (κ3) is 3.55. The molecule has 0 radical (unpaired) electrons. The predicted octanol–water partition coefficient (Wildman–Crippen LogP) is 2.66. The largest absolute Gasteiger partial charge is 0.394 e. The molecule has 0 spiro atoms. The van der Waals surface area contributed by atoms with Crippen LogP contribution < -0.4 is 0 Å². The second-order valence-electron chi connectivity index (χ2n) is 5.72. The molecule has 116 valence electrons. The molecule has 0 aliphatic carbocycles. The van der Waals surface area contributed by atoms with E-state index in [4.69, 9.17) is 4.74 Å². The maximum atomic E-state index is 9.67. The fraction of sp³-hybridized carbons (Fsp3) is 0.368. The van der Waals surface area contributed by atoms with E-state index in [1.54, 1.807) is 0 Å². The first-order valence-electron chi connectivity index (χ1n) is 7.94. The molecule has 0 amide bonds. The summed E-state index contributed by atoms with van der Waals surface area (Å²) in [6.07, 6.45) is 0.870. The normalized spacial score (nSPS) is 22.6. The molecule has 1 fully saturated rings. The van der Waals surface area contributed by atoms with Gasteiger partial charge in [0.25, 0.3) is 0 Å². The van der Waals surface area contributed by atoms with Gasteiger partial charge in [-0.3, -0.25) is 4.90 Å². The van der Waals surface area contributed by atoms with E-state index in [-0.39, 0.29) is 18.8 Å². The van der Waals surface area contributed by atoms with Crippen molar-refractivity contribution in [2.24, 2.45) is 0 Å². The van der Waals surface area contributed by atoms with Gasteiger partial charge in [-0.2, -0.15) is 0 Å². The summed E-state index contributed by atoms with van der Waals surface area (Å²) < 4.78 is 5.78. The molecule has 2 aromatic rings. The predicted molar refractivity (Wildman–Crippen MR) is 87.7 cm³/mol. The van der Waals surface area contributed by atoms with Crippen molar-refractivity contribution in [1.29, 1.82) is 0 Å². The van der Waals surface area contributed by atoms with Gasteiger partial charge in [0.15, 0.2) is 0 Å². The second kappa shape index (κ2) is 7.54. The zero-order valence-corrected chi connectivity index (χ0v) is 12.8. The van der Waals surface area contributed by atoms with Gasteiger partial charge in [-0.15, -0.1) is 0 Å². The molecule has 1 heterocycles. The van der Waals surface area contributed by atoms with Gasteiger partial charge in [0, 0.05) is 13.1 Å². The molecule has 0 aromatic heterocycles. The van der Waals surface area contributed by atoms with Crippen LogP contribution in [0.25, 0.3) is 0 Å². The Morgan fingerprint density at radius 3 is 2.36 bits per heavy atom. The topological polar surface area (TPSA) is 32.7 Å². The molecule has 3 rings (SSSR count). The van der Waals surface area contributed by atoms with Gasteiger partial charge in [0.1, 0.15) is 6.10 Å². The van der Waals surface area contributed by atoms with Gasteiger partial charge in [-0.1, -0.05) is 60.7 Å². The first-order valence-corrected chi connectivity index (χ1v) is 7.94. The lowest BCUT2D eigenvalue weighted by Crippen LogP contribution is -2.47. The van der Waals surface area contributed by atoms with Gasteiger partial charge in [0.2, 0.25) is 0 Å². The maximum Gasteiger partial charge on any atom is 0.100 e. The summed E-state index contributed by atoms with van der Waals surface area (Å²) in [5.41, 5.74) is 2.57. The fourth-order valence-corrected chi connectivity index (χ4v) is 3.18. The van der Waals surface area contributed by atoms with Gasteiger partial charge < -0.3 is 9.84 Å². The summed E-state index contributed by atoms with van der Waals surface area (Å²) >= 11 is 0. The number of hydrogen-bond acceptors (Lipinski definition) is 3. The minimum Gasteiger partial charge on any atom is -0.394 e. The van der Waals surface area contributed by atoms with E-state index in [1.807, 2.05) is 24.3 Å². The minimum atomic E-state index is -0.146. The molecule has 3 heteroatoms. The van der Waals surface area contributed by atoms with Crippen molar-refractivity contribution in [3.05, 3.63) is 71.8 Å². The van der Waals surface area contributed by atoms with E-state index < -0.39 is 0 Å². The fourth-order valence-electron chi connectivity index (χ4n) is 3.18. The first-order chi connectivity index (χ1) is 10.9. The standard InChI is InChI=1S/C19H23NO2/c21-15-18-19(17-9-5-2-6-10-17)20(13-14-22-18)12-11-16-7-3-1-4-8-16/h1-10,18-19,21H,11-15H2. The van der Waals surface area contributed by atoms with Crippen LogP contribution in [0.2, 0.25) is 0 Å². The molecule has 2 atom stereocenters. The number of aliphatic hydroxyl groups is 1. The van der Waals surface area contributed by atoms with Crippen LogP contribution in [0.4, 0.5) is 0 Å². The van der Waals surface area contributed by atoms with Crippen molar-refractivity contribution in [1.82, 2.24) is 4.90 Å². The number of aliphatic hydroxyl groups excluding tert-OH is 1. The van der Waals surface area contributed by atoms with Crippen LogP contribution in [0.5, 0.6) is 0 Å². The van der Waals surface area contributed by atoms with Crippen LogP contribution in [-0.2, 0) is 11.2 Å². The van der Waals surface area contributed by atoms with Gasteiger partial charge in [0.05, 0.1) is 19.3 Å². The zero-order chi connectivity index (χ0) is 15.2. The van der Waals surface area contributed by atoms with Crippen LogP contribution in [0.15, 0.2) is 60.7 Å². The Balaban J connectivity index is 1.75. The second-order valence-corrected chi connectivity index (χ2v) is 5.72. The number of rotatable bonds is 5. The van der Waals surface area contributed by atoms with E-state index in [0.29, 0.717) is 6.61 Å². The summed E-state index contributed by atoms with van der Waals surface area (Å²) in [4.78, 5) is 2.44. The van der Waals surface area contributed by atoms with Crippen molar-refractivity contribution in [2.45, 2.75) is 18.6 Å². The SMILES string of the molecule is OCC1OCCN(CCc2ccccc2)C1c1ccccc1. The Morgan fingerprint density at radius 1 is 1.00 bits per heavy atom. The van der Waals surface area contributed by atoms with E-state index in [1.165, 1.54) is 11.1 Å². The molecular weight excluding hydrogens is 274 g/mol. The number of hydrogen-bond donors (Lipinski definition) is 1. The maximum absolute atomic E-state index is 9.67. The molecule has 2 aromatic carbocycles. The van der Waals surface area contributed by atoms with E-state index in [9.17, 15) is 5.11 Å². The van der Waals surface area contributed by atoms with Crippen molar-refractivity contribution >= 4 is 0 Å². The van der Waals surface area contributed by atoms with Crippen molar-refractivity contribution in [3.63, 3.8) is 0 Å². The van der Waals surface area contributed by atoms with Crippen molar-refractivity contribution in [2.75, 3.05) is 26.3 Å². The Kier molecular flexibility index (Phi) is 5.22. The molecule has 22 heavy (non-hydrogen) atoms. The Hall–Kier alpha value is -1.68. The van der Waals surface area contributed by atoms with E-state index >= 15 is 0 Å². The Labute approximate surface area is 132 Å². The smallest absolute Gasteiger partial charge is 0.100 e.